The first-order valence-electron chi connectivity index (χ1n) is 10.8. The molecule has 0 unspecified atom stereocenters. The molecule has 0 radical (unpaired) electrons. The number of pyridine rings is 1. The van der Waals surface area contributed by atoms with Gasteiger partial charge in [-0.3, -0.25) is 9.59 Å². The molecule has 0 fully saturated rings. The van der Waals surface area contributed by atoms with Crippen LogP contribution in [0.3, 0.4) is 0 Å². The number of halogens is 1. The summed E-state index contributed by atoms with van der Waals surface area (Å²) in [6, 6.07) is 22.1. The molecule has 0 amide bonds. The summed E-state index contributed by atoms with van der Waals surface area (Å²) in [4.78, 5) is 27.5. The molecule has 0 spiro atoms. The first-order valence-corrected chi connectivity index (χ1v) is 11.2. The normalized spacial score (nSPS) is 10.9. The molecular formula is C28H22ClNO5. The zero-order chi connectivity index (χ0) is 24.8. The predicted octanol–water partition coefficient (Wildman–Crippen LogP) is 6.49. The summed E-state index contributed by atoms with van der Waals surface area (Å²) in [5, 5.41) is 1.60. The second-order valence-electron chi connectivity index (χ2n) is 7.67. The van der Waals surface area contributed by atoms with Crippen molar-refractivity contribution < 1.29 is 23.8 Å². The topological polar surface area (TPSA) is 74.7 Å². The van der Waals surface area contributed by atoms with E-state index in [1.165, 1.54) is 13.8 Å². The van der Waals surface area contributed by atoms with Crippen LogP contribution >= 0.6 is 11.6 Å². The molecule has 0 saturated heterocycles. The summed E-state index contributed by atoms with van der Waals surface area (Å²) >= 11 is 6.25. The van der Waals surface area contributed by atoms with Gasteiger partial charge in [-0.05, 0) is 42.0 Å². The van der Waals surface area contributed by atoms with Crippen molar-refractivity contribution in [2.75, 3.05) is 0 Å². The molecule has 0 atom stereocenters. The third-order valence-electron chi connectivity index (χ3n) is 4.97. The number of carbonyl (C=O) groups is 2. The Labute approximate surface area is 207 Å². The Morgan fingerprint density at radius 1 is 0.829 bits per heavy atom. The highest BCUT2D eigenvalue weighted by Gasteiger charge is 2.11. The fourth-order valence-corrected chi connectivity index (χ4v) is 3.59. The molecule has 0 aliphatic carbocycles. The number of esters is 2. The van der Waals surface area contributed by atoms with Crippen LogP contribution in [0.5, 0.6) is 17.2 Å². The van der Waals surface area contributed by atoms with Gasteiger partial charge in [-0.25, -0.2) is 4.98 Å². The number of fused-ring (bicyclic) bond motifs is 1. The third kappa shape index (κ3) is 6.25. The maximum absolute atomic E-state index is 11.5. The van der Waals surface area contributed by atoms with E-state index in [-0.39, 0.29) is 11.5 Å². The summed E-state index contributed by atoms with van der Waals surface area (Å²) < 4.78 is 16.3. The second kappa shape index (κ2) is 10.8. The van der Waals surface area contributed by atoms with Crippen LogP contribution in [0.4, 0.5) is 0 Å². The minimum atomic E-state index is -0.514. The Hall–Kier alpha value is -4.16. The van der Waals surface area contributed by atoms with Gasteiger partial charge in [-0.15, -0.1) is 0 Å². The summed E-state index contributed by atoms with van der Waals surface area (Å²) in [7, 11) is 0. The molecule has 0 saturated carbocycles. The molecule has 3 aromatic carbocycles. The first kappa shape index (κ1) is 24.0. The fraction of sp³-hybridized carbons (Fsp3) is 0.107. The van der Waals surface area contributed by atoms with E-state index in [1.54, 1.807) is 18.2 Å². The van der Waals surface area contributed by atoms with Gasteiger partial charge in [-0.1, -0.05) is 60.1 Å². The second-order valence-corrected chi connectivity index (χ2v) is 8.08. The Morgan fingerprint density at radius 3 is 2.37 bits per heavy atom. The van der Waals surface area contributed by atoms with Crippen LogP contribution in [0, 0.1) is 0 Å². The Bertz CT molecular complexity index is 1430. The first-order chi connectivity index (χ1) is 16.9. The molecule has 0 bridgehead atoms. The van der Waals surface area contributed by atoms with E-state index in [0.717, 1.165) is 22.0 Å². The van der Waals surface area contributed by atoms with Gasteiger partial charge >= 0.3 is 11.9 Å². The molecule has 4 rings (SSSR count). The van der Waals surface area contributed by atoms with Gasteiger partial charge in [0.25, 0.3) is 0 Å². The number of hydrogen-bond donors (Lipinski definition) is 0. The summed E-state index contributed by atoms with van der Waals surface area (Å²) in [5.74, 6) is -0.0271. The number of aromatic nitrogens is 1. The number of carbonyl (C=O) groups excluding carboxylic acids is 2. The summed E-state index contributed by atoms with van der Waals surface area (Å²) in [6.45, 7) is 2.89. The van der Waals surface area contributed by atoms with E-state index in [0.29, 0.717) is 23.1 Å². The largest absolute Gasteiger partial charge is 0.487 e. The quantitative estimate of drug-likeness (QED) is 0.219. The Morgan fingerprint density at radius 2 is 1.60 bits per heavy atom. The SMILES string of the molecule is CC(=O)Oc1ccc(C=Cc2ccc3cccc(OCc4ccccc4Cl)c3n2)cc1OC(C)=O. The van der Waals surface area contributed by atoms with Gasteiger partial charge in [0, 0.05) is 29.8 Å². The monoisotopic (exact) mass is 487 g/mol. The minimum absolute atomic E-state index is 0.163. The molecule has 1 heterocycles. The van der Waals surface area contributed by atoms with Gasteiger partial charge < -0.3 is 14.2 Å². The summed E-state index contributed by atoms with van der Waals surface area (Å²) in [5.41, 5.74) is 3.07. The molecule has 6 nitrogen and oxygen atoms in total. The number of nitrogens with zero attached hydrogens (tertiary/aromatic N) is 1. The van der Waals surface area contributed by atoms with Crippen LogP contribution in [0.25, 0.3) is 23.1 Å². The van der Waals surface area contributed by atoms with E-state index in [9.17, 15) is 9.59 Å². The van der Waals surface area contributed by atoms with E-state index in [4.69, 9.17) is 30.8 Å². The van der Waals surface area contributed by atoms with Crippen molar-refractivity contribution in [1.29, 1.82) is 0 Å². The maximum atomic E-state index is 11.5. The molecule has 0 N–H and O–H groups in total. The predicted molar refractivity (Wildman–Crippen MR) is 136 cm³/mol. The molecule has 1 aromatic heterocycles. The van der Waals surface area contributed by atoms with Crippen LogP contribution in [0.2, 0.25) is 5.02 Å². The van der Waals surface area contributed by atoms with Crippen molar-refractivity contribution in [2.45, 2.75) is 20.5 Å². The smallest absolute Gasteiger partial charge is 0.308 e. The van der Waals surface area contributed by atoms with Gasteiger partial charge in [0.1, 0.15) is 17.9 Å². The third-order valence-corrected chi connectivity index (χ3v) is 5.34. The molecular weight excluding hydrogens is 466 g/mol. The van der Waals surface area contributed by atoms with Gasteiger partial charge in [-0.2, -0.15) is 0 Å². The standard InChI is InChI=1S/C28H22ClNO5/c1-18(31)34-25-15-11-20(16-27(25)35-19(2)32)10-13-23-14-12-21-7-5-9-26(28(21)30-23)33-17-22-6-3-4-8-24(22)29/h3-16H,17H2,1-2H3. The number of benzene rings is 3. The van der Waals surface area contributed by atoms with Gasteiger partial charge in [0.15, 0.2) is 11.5 Å². The zero-order valence-corrected chi connectivity index (χ0v) is 19.9. The van der Waals surface area contributed by atoms with Crippen molar-refractivity contribution in [3.05, 3.63) is 94.6 Å². The summed E-state index contributed by atoms with van der Waals surface area (Å²) in [6.07, 6.45) is 3.66. The van der Waals surface area contributed by atoms with Crippen LogP contribution < -0.4 is 14.2 Å². The number of rotatable bonds is 7. The lowest BCUT2D eigenvalue weighted by Crippen LogP contribution is -2.07. The van der Waals surface area contributed by atoms with Crippen LogP contribution in [-0.2, 0) is 16.2 Å². The average molecular weight is 488 g/mol. The van der Waals surface area contributed by atoms with Gasteiger partial charge in [0.05, 0.1) is 5.69 Å². The van der Waals surface area contributed by atoms with Crippen molar-refractivity contribution in [3.8, 4) is 17.2 Å². The molecule has 4 aromatic rings. The molecule has 35 heavy (non-hydrogen) atoms. The number of hydrogen-bond acceptors (Lipinski definition) is 6. The lowest BCUT2D eigenvalue weighted by atomic mass is 10.1. The molecule has 176 valence electrons. The van der Waals surface area contributed by atoms with E-state index < -0.39 is 11.9 Å². The van der Waals surface area contributed by atoms with E-state index >= 15 is 0 Å². The fourth-order valence-electron chi connectivity index (χ4n) is 3.40. The molecule has 0 aliphatic heterocycles. The van der Waals surface area contributed by atoms with Crippen molar-refractivity contribution in [1.82, 2.24) is 4.98 Å². The Balaban J connectivity index is 1.59. The number of ether oxygens (including phenoxy) is 3. The van der Waals surface area contributed by atoms with Crippen molar-refractivity contribution in [2.24, 2.45) is 0 Å². The number of para-hydroxylation sites is 1. The highest BCUT2D eigenvalue weighted by molar-refractivity contribution is 6.31. The minimum Gasteiger partial charge on any atom is -0.487 e. The lowest BCUT2D eigenvalue weighted by molar-refractivity contribution is -0.134. The van der Waals surface area contributed by atoms with Crippen LogP contribution in [0.15, 0.2) is 72.8 Å². The maximum Gasteiger partial charge on any atom is 0.308 e. The molecule has 7 heteroatoms. The highest BCUT2D eigenvalue weighted by atomic mass is 35.5. The molecule has 0 aliphatic rings. The van der Waals surface area contributed by atoms with Crippen molar-refractivity contribution in [3.63, 3.8) is 0 Å². The Kier molecular flexibility index (Phi) is 7.43. The van der Waals surface area contributed by atoms with Crippen LogP contribution in [-0.4, -0.2) is 16.9 Å². The average Bonchev–Trinajstić information content (AvgIpc) is 2.83. The van der Waals surface area contributed by atoms with Gasteiger partial charge in [0.2, 0.25) is 0 Å². The van der Waals surface area contributed by atoms with E-state index in [2.05, 4.69) is 0 Å². The highest BCUT2D eigenvalue weighted by Crippen LogP contribution is 2.30. The van der Waals surface area contributed by atoms with Crippen molar-refractivity contribution >= 4 is 46.6 Å². The zero-order valence-electron chi connectivity index (χ0n) is 19.2. The van der Waals surface area contributed by atoms with E-state index in [1.807, 2.05) is 66.7 Å². The van der Waals surface area contributed by atoms with Crippen LogP contribution in [0.1, 0.15) is 30.7 Å². The lowest BCUT2D eigenvalue weighted by Gasteiger charge is -2.10.